The number of fused-ring (bicyclic) bond motifs is 1. The lowest BCUT2D eigenvalue weighted by Crippen LogP contribution is -2.18. The summed E-state index contributed by atoms with van der Waals surface area (Å²) < 4.78 is 5.22. The van der Waals surface area contributed by atoms with E-state index in [1.807, 2.05) is 0 Å². The standard InChI is InChI=1S/C6H11NO/c7-3-6-1-5(6)2-8-4-6/h5H,1-4,7H2/t5?,6-/m1/s1. The predicted octanol–water partition coefficient (Wildman–Crippen LogP) is -0.0184. The molecule has 0 radical (unpaired) electrons. The average Bonchev–Trinajstić information content (AvgIpc) is 2.38. The van der Waals surface area contributed by atoms with Gasteiger partial charge < -0.3 is 10.5 Å². The molecule has 1 aliphatic carbocycles. The van der Waals surface area contributed by atoms with Crippen LogP contribution in [0.25, 0.3) is 0 Å². The van der Waals surface area contributed by atoms with Crippen LogP contribution in [0, 0.1) is 11.3 Å². The van der Waals surface area contributed by atoms with Crippen molar-refractivity contribution >= 4 is 0 Å². The van der Waals surface area contributed by atoms with Gasteiger partial charge in [-0.2, -0.15) is 0 Å². The van der Waals surface area contributed by atoms with Crippen LogP contribution in [0.5, 0.6) is 0 Å². The van der Waals surface area contributed by atoms with Crippen LogP contribution in [0.3, 0.4) is 0 Å². The van der Waals surface area contributed by atoms with Gasteiger partial charge in [-0.15, -0.1) is 0 Å². The van der Waals surface area contributed by atoms with Crippen molar-refractivity contribution in [3.63, 3.8) is 0 Å². The van der Waals surface area contributed by atoms with Crippen molar-refractivity contribution in [3.05, 3.63) is 0 Å². The third-order valence-electron chi connectivity index (χ3n) is 2.47. The molecule has 2 heteroatoms. The van der Waals surface area contributed by atoms with E-state index in [0.29, 0.717) is 5.41 Å². The van der Waals surface area contributed by atoms with Gasteiger partial charge in [0, 0.05) is 12.0 Å². The third kappa shape index (κ3) is 0.400. The zero-order valence-corrected chi connectivity index (χ0v) is 4.89. The molecular weight excluding hydrogens is 102 g/mol. The Morgan fingerprint density at radius 3 is 2.88 bits per heavy atom. The summed E-state index contributed by atoms with van der Waals surface area (Å²) >= 11 is 0. The number of hydrogen-bond donors (Lipinski definition) is 1. The monoisotopic (exact) mass is 113 g/mol. The average molecular weight is 113 g/mol. The van der Waals surface area contributed by atoms with Gasteiger partial charge in [0.1, 0.15) is 0 Å². The molecule has 0 bridgehead atoms. The van der Waals surface area contributed by atoms with Gasteiger partial charge in [0.15, 0.2) is 0 Å². The molecule has 2 nitrogen and oxygen atoms in total. The van der Waals surface area contributed by atoms with E-state index in [0.717, 1.165) is 25.7 Å². The summed E-state index contributed by atoms with van der Waals surface area (Å²) in [6.07, 6.45) is 1.32. The fourth-order valence-corrected chi connectivity index (χ4v) is 1.56. The Kier molecular flexibility index (Phi) is 0.746. The second-order valence-electron chi connectivity index (χ2n) is 2.98. The maximum absolute atomic E-state index is 5.53. The summed E-state index contributed by atoms with van der Waals surface area (Å²) in [5.41, 5.74) is 5.99. The molecule has 0 aromatic rings. The molecule has 2 fully saturated rings. The number of ether oxygens (including phenoxy) is 1. The quantitative estimate of drug-likeness (QED) is 0.518. The van der Waals surface area contributed by atoms with Gasteiger partial charge >= 0.3 is 0 Å². The first-order valence-corrected chi connectivity index (χ1v) is 3.15. The summed E-state index contributed by atoms with van der Waals surface area (Å²) in [4.78, 5) is 0. The molecule has 0 aromatic carbocycles. The summed E-state index contributed by atoms with van der Waals surface area (Å²) in [5.74, 6) is 0.826. The van der Waals surface area contributed by atoms with Crippen molar-refractivity contribution in [3.8, 4) is 0 Å². The molecule has 0 amide bonds. The zero-order chi connectivity index (χ0) is 5.61. The van der Waals surface area contributed by atoms with Crippen molar-refractivity contribution in [1.29, 1.82) is 0 Å². The van der Waals surface area contributed by atoms with Crippen molar-refractivity contribution in [2.45, 2.75) is 6.42 Å². The molecule has 1 heterocycles. The highest BCUT2D eigenvalue weighted by atomic mass is 16.5. The molecule has 1 saturated carbocycles. The SMILES string of the molecule is NC[C@]12COCC1C2. The Labute approximate surface area is 49.0 Å². The van der Waals surface area contributed by atoms with Crippen LogP contribution >= 0.6 is 0 Å². The minimum Gasteiger partial charge on any atom is -0.380 e. The van der Waals surface area contributed by atoms with E-state index < -0.39 is 0 Å². The molecule has 1 unspecified atom stereocenters. The summed E-state index contributed by atoms with van der Waals surface area (Å²) in [6, 6.07) is 0. The molecule has 2 aliphatic rings. The third-order valence-corrected chi connectivity index (χ3v) is 2.47. The summed E-state index contributed by atoms with van der Waals surface area (Å²) in [5, 5.41) is 0. The van der Waals surface area contributed by atoms with Gasteiger partial charge in [0.25, 0.3) is 0 Å². The maximum atomic E-state index is 5.53. The first-order chi connectivity index (χ1) is 3.87. The topological polar surface area (TPSA) is 35.2 Å². The highest BCUT2D eigenvalue weighted by Gasteiger charge is 2.56. The Balaban J connectivity index is 2.08. The fourth-order valence-electron chi connectivity index (χ4n) is 1.56. The van der Waals surface area contributed by atoms with Crippen LogP contribution in [0.2, 0.25) is 0 Å². The van der Waals surface area contributed by atoms with Crippen LogP contribution in [0.1, 0.15) is 6.42 Å². The highest BCUT2D eigenvalue weighted by Crippen LogP contribution is 2.55. The largest absolute Gasteiger partial charge is 0.380 e. The van der Waals surface area contributed by atoms with E-state index in [1.165, 1.54) is 6.42 Å². The van der Waals surface area contributed by atoms with Crippen molar-refractivity contribution in [1.82, 2.24) is 0 Å². The normalized spacial score (nSPS) is 51.4. The lowest BCUT2D eigenvalue weighted by Gasteiger charge is -2.03. The molecule has 1 aliphatic heterocycles. The number of nitrogens with two attached hydrogens (primary N) is 1. The second kappa shape index (κ2) is 1.25. The molecule has 1 saturated heterocycles. The van der Waals surface area contributed by atoms with Crippen LogP contribution in [-0.4, -0.2) is 19.8 Å². The van der Waals surface area contributed by atoms with E-state index in [-0.39, 0.29) is 0 Å². The van der Waals surface area contributed by atoms with Crippen molar-refractivity contribution in [2.24, 2.45) is 17.1 Å². The van der Waals surface area contributed by atoms with Gasteiger partial charge in [-0.3, -0.25) is 0 Å². The number of hydrogen-bond acceptors (Lipinski definition) is 2. The minimum absolute atomic E-state index is 0.458. The zero-order valence-electron chi connectivity index (χ0n) is 4.89. The molecule has 8 heavy (non-hydrogen) atoms. The van der Waals surface area contributed by atoms with Crippen LogP contribution in [0.15, 0.2) is 0 Å². The van der Waals surface area contributed by atoms with E-state index in [2.05, 4.69) is 0 Å². The van der Waals surface area contributed by atoms with E-state index in [9.17, 15) is 0 Å². The van der Waals surface area contributed by atoms with Gasteiger partial charge in [-0.25, -0.2) is 0 Å². The van der Waals surface area contributed by atoms with E-state index in [1.54, 1.807) is 0 Å². The Morgan fingerprint density at radius 2 is 2.62 bits per heavy atom. The molecule has 2 rings (SSSR count). The smallest absolute Gasteiger partial charge is 0.0538 e. The fraction of sp³-hybridized carbons (Fsp3) is 1.00. The van der Waals surface area contributed by atoms with Crippen molar-refractivity contribution < 1.29 is 4.74 Å². The highest BCUT2D eigenvalue weighted by molar-refractivity contribution is 5.06. The molecule has 2 N–H and O–H groups in total. The Bertz CT molecular complexity index is 111. The second-order valence-corrected chi connectivity index (χ2v) is 2.98. The van der Waals surface area contributed by atoms with Gasteiger partial charge in [-0.1, -0.05) is 0 Å². The van der Waals surface area contributed by atoms with Crippen LogP contribution < -0.4 is 5.73 Å². The molecule has 2 atom stereocenters. The number of rotatable bonds is 1. The molecule has 46 valence electrons. The van der Waals surface area contributed by atoms with Crippen molar-refractivity contribution in [2.75, 3.05) is 19.8 Å². The first kappa shape index (κ1) is 4.77. The molecule has 0 spiro atoms. The lowest BCUT2D eigenvalue weighted by atomic mass is 10.1. The summed E-state index contributed by atoms with van der Waals surface area (Å²) in [7, 11) is 0. The Morgan fingerprint density at radius 1 is 1.75 bits per heavy atom. The molecular formula is C6H11NO. The molecule has 0 aromatic heterocycles. The summed E-state index contributed by atoms with van der Waals surface area (Å²) in [6.45, 7) is 2.73. The maximum Gasteiger partial charge on any atom is 0.0538 e. The van der Waals surface area contributed by atoms with Crippen LogP contribution in [0.4, 0.5) is 0 Å². The predicted molar refractivity (Wildman–Crippen MR) is 30.4 cm³/mol. The van der Waals surface area contributed by atoms with E-state index in [4.69, 9.17) is 10.5 Å². The first-order valence-electron chi connectivity index (χ1n) is 3.15. The van der Waals surface area contributed by atoms with Gasteiger partial charge in [0.2, 0.25) is 0 Å². The minimum atomic E-state index is 0.458. The van der Waals surface area contributed by atoms with E-state index >= 15 is 0 Å². The van der Waals surface area contributed by atoms with Crippen LogP contribution in [-0.2, 0) is 4.74 Å². The Hall–Kier alpha value is -0.0800. The lowest BCUT2D eigenvalue weighted by molar-refractivity contribution is 0.148. The van der Waals surface area contributed by atoms with Gasteiger partial charge in [0.05, 0.1) is 13.2 Å². The van der Waals surface area contributed by atoms with Gasteiger partial charge in [-0.05, 0) is 12.3 Å².